The number of aromatic nitrogens is 1. The van der Waals surface area contributed by atoms with Crippen molar-refractivity contribution in [3.05, 3.63) is 23.6 Å². The molecule has 4 heteroatoms. The Labute approximate surface area is 115 Å². The third kappa shape index (κ3) is 5.55. The summed E-state index contributed by atoms with van der Waals surface area (Å²) < 4.78 is 19.7. The maximum absolute atomic E-state index is 14.2. The van der Waals surface area contributed by atoms with E-state index < -0.39 is 0 Å². The molecule has 1 atom stereocenters. The van der Waals surface area contributed by atoms with Crippen LogP contribution in [0.15, 0.2) is 12.3 Å². The molecule has 3 nitrogen and oxygen atoms in total. The monoisotopic (exact) mass is 268 g/mol. The van der Waals surface area contributed by atoms with Crippen LogP contribution in [0, 0.1) is 11.7 Å². The molecule has 1 rings (SSSR count). The minimum atomic E-state index is -0.346. The zero-order valence-electron chi connectivity index (χ0n) is 12.4. The van der Waals surface area contributed by atoms with Gasteiger partial charge in [0.15, 0.2) is 5.82 Å². The molecule has 0 bridgehead atoms. The summed E-state index contributed by atoms with van der Waals surface area (Å²) in [7, 11) is 0. The van der Waals surface area contributed by atoms with Crippen LogP contribution in [-0.4, -0.2) is 17.6 Å². The van der Waals surface area contributed by atoms with Gasteiger partial charge >= 0.3 is 0 Å². The number of nitrogens with zero attached hydrogens (tertiary/aromatic N) is 1. The maximum atomic E-state index is 14.2. The van der Waals surface area contributed by atoms with Crippen molar-refractivity contribution < 1.29 is 9.13 Å². The number of pyridine rings is 1. The lowest BCUT2D eigenvalue weighted by Crippen LogP contribution is -2.20. The smallest absolute Gasteiger partial charge is 0.250 e. The van der Waals surface area contributed by atoms with Gasteiger partial charge in [0.25, 0.3) is 5.88 Å². The number of halogens is 1. The molecule has 0 radical (unpaired) electrons. The van der Waals surface area contributed by atoms with Gasteiger partial charge in [-0.1, -0.05) is 27.2 Å². The molecular weight excluding hydrogens is 243 g/mol. The first-order valence-electron chi connectivity index (χ1n) is 7.05. The van der Waals surface area contributed by atoms with Gasteiger partial charge in [0.1, 0.15) is 0 Å². The zero-order chi connectivity index (χ0) is 14.3. The first-order chi connectivity index (χ1) is 9.04. The van der Waals surface area contributed by atoms with Crippen molar-refractivity contribution in [2.24, 2.45) is 5.92 Å². The Bertz CT molecular complexity index is 382. The van der Waals surface area contributed by atoms with Gasteiger partial charge in [0.05, 0.1) is 6.10 Å². The number of rotatable bonds is 8. The SMILES string of the molecule is CCCC(C)Oc1nccc(CNCC(C)C)c1F. The fourth-order valence-corrected chi connectivity index (χ4v) is 1.83. The van der Waals surface area contributed by atoms with E-state index in [4.69, 9.17) is 4.74 Å². The molecule has 0 spiro atoms. The van der Waals surface area contributed by atoms with Crippen molar-refractivity contribution in [2.75, 3.05) is 6.54 Å². The molecular formula is C15H25FN2O. The van der Waals surface area contributed by atoms with Crippen molar-refractivity contribution in [3.63, 3.8) is 0 Å². The molecule has 1 aromatic heterocycles. The average molecular weight is 268 g/mol. The standard InChI is InChI=1S/C15H25FN2O/c1-5-6-12(4)19-15-14(16)13(7-8-18-15)10-17-9-11(2)3/h7-8,11-12,17H,5-6,9-10H2,1-4H3. The quantitative estimate of drug-likeness (QED) is 0.783. The van der Waals surface area contributed by atoms with Crippen molar-refractivity contribution in [1.29, 1.82) is 0 Å². The number of hydrogen-bond donors (Lipinski definition) is 1. The Morgan fingerprint density at radius 2 is 2.11 bits per heavy atom. The Morgan fingerprint density at radius 1 is 1.37 bits per heavy atom. The van der Waals surface area contributed by atoms with E-state index in [2.05, 4.69) is 31.1 Å². The molecule has 0 saturated carbocycles. The molecule has 0 amide bonds. The van der Waals surface area contributed by atoms with Crippen molar-refractivity contribution in [3.8, 4) is 5.88 Å². The average Bonchev–Trinajstić information content (AvgIpc) is 2.33. The number of nitrogens with one attached hydrogen (secondary N) is 1. The van der Waals surface area contributed by atoms with Crippen LogP contribution in [0.3, 0.4) is 0 Å². The fourth-order valence-electron chi connectivity index (χ4n) is 1.83. The van der Waals surface area contributed by atoms with Crippen molar-refractivity contribution in [2.45, 2.75) is 53.2 Å². The first kappa shape index (κ1) is 15.9. The van der Waals surface area contributed by atoms with Crippen LogP contribution in [0.1, 0.15) is 46.1 Å². The highest BCUT2D eigenvalue weighted by atomic mass is 19.1. The molecule has 0 fully saturated rings. The van der Waals surface area contributed by atoms with Gasteiger partial charge in [0, 0.05) is 18.3 Å². The highest BCUT2D eigenvalue weighted by Crippen LogP contribution is 2.19. The molecule has 1 unspecified atom stereocenters. The predicted molar refractivity (Wildman–Crippen MR) is 75.7 cm³/mol. The van der Waals surface area contributed by atoms with Crippen molar-refractivity contribution >= 4 is 0 Å². The molecule has 0 aromatic carbocycles. The largest absolute Gasteiger partial charge is 0.473 e. The van der Waals surface area contributed by atoms with Crippen LogP contribution < -0.4 is 10.1 Å². The number of ether oxygens (including phenoxy) is 1. The van der Waals surface area contributed by atoms with E-state index in [9.17, 15) is 4.39 Å². The molecule has 1 heterocycles. The van der Waals surface area contributed by atoms with Crippen LogP contribution in [0.4, 0.5) is 4.39 Å². The van der Waals surface area contributed by atoms with Gasteiger partial charge in [-0.3, -0.25) is 0 Å². The topological polar surface area (TPSA) is 34.1 Å². The molecule has 0 aliphatic rings. The molecule has 1 aromatic rings. The molecule has 0 aliphatic carbocycles. The van der Waals surface area contributed by atoms with E-state index in [1.54, 1.807) is 12.3 Å². The highest BCUT2D eigenvalue weighted by Gasteiger charge is 2.13. The summed E-state index contributed by atoms with van der Waals surface area (Å²) in [6.45, 7) is 9.63. The Kier molecular flexibility index (Phi) is 6.78. The minimum absolute atomic E-state index is 0.00845. The van der Waals surface area contributed by atoms with Gasteiger partial charge in [-0.05, 0) is 31.9 Å². The Hall–Kier alpha value is -1.16. The second-order valence-corrected chi connectivity index (χ2v) is 5.33. The maximum Gasteiger partial charge on any atom is 0.250 e. The molecule has 0 aliphatic heterocycles. The second kappa shape index (κ2) is 8.10. The summed E-state index contributed by atoms with van der Waals surface area (Å²) in [6.07, 6.45) is 3.50. The van der Waals surface area contributed by atoms with Gasteiger partial charge in [0.2, 0.25) is 0 Å². The van der Waals surface area contributed by atoms with Crippen LogP contribution in [0.2, 0.25) is 0 Å². The Balaban J connectivity index is 2.63. The molecule has 1 N–H and O–H groups in total. The van der Waals surface area contributed by atoms with Crippen molar-refractivity contribution in [1.82, 2.24) is 10.3 Å². The van der Waals surface area contributed by atoms with Gasteiger partial charge in [-0.2, -0.15) is 0 Å². The third-order valence-electron chi connectivity index (χ3n) is 2.81. The molecule has 0 saturated heterocycles. The van der Waals surface area contributed by atoms with Gasteiger partial charge in [-0.15, -0.1) is 0 Å². The third-order valence-corrected chi connectivity index (χ3v) is 2.81. The summed E-state index contributed by atoms with van der Waals surface area (Å²) in [4.78, 5) is 3.98. The van der Waals surface area contributed by atoms with Gasteiger partial charge < -0.3 is 10.1 Å². The van der Waals surface area contributed by atoms with E-state index >= 15 is 0 Å². The van der Waals surface area contributed by atoms with E-state index in [1.165, 1.54) is 0 Å². The van der Waals surface area contributed by atoms with Crippen LogP contribution >= 0.6 is 0 Å². The minimum Gasteiger partial charge on any atom is -0.473 e. The van der Waals surface area contributed by atoms with E-state index in [0.29, 0.717) is 18.0 Å². The summed E-state index contributed by atoms with van der Waals surface area (Å²) in [5.41, 5.74) is 0.606. The van der Waals surface area contributed by atoms with Crippen LogP contribution in [0.5, 0.6) is 5.88 Å². The second-order valence-electron chi connectivity index (χ2n) is 5.33. The van der Waals surface area contributed by atoms with Gasteiger partial charge in [-0.25, -0.2) is 9.37 Å². The fraction of sp³-hybridized carbons (Fsp3) is 0.667. The summed E-state index contributed by atoms with van der Waals surface area (Å²) >= 11 is 0. The number of hydrogen-bond acceptors (Lipinski definition) is 3. The lowest BCUT2D eigenvalue weighted by atomic mass is 10.2. The summed E-state index contributed by atoms with van der Waals surface area (Å²) in [6, 6.07) is 1.69. The normalized spacial score (nSPS) is 12.7. The van der Waals surface area contributed by atoms with E-state index in [-0.39, 0.29) is 17.8 Å². The lowest BCUT2D eigenvalue weighted by molar-refractivity contribution is 0.191. The summed E-state index contributed by atoms with van der Waals surface area (Å²) in [5.74, 6) is 0.316. The van der Waals surface area contributed by atoms with E-state index in [0.717, 1.165) is 19.4 Å². The predicted octanol–water partition coefficient (Wildman–Crippen LogP) is 3.53. The van der Waals surface area contributed by atoms with E-state index in [1.807, 2.05) is 6.92 Å². The molecule has 108 valence electrons. The van der Waals surface area contributed by atoms with Crippen LogP contribution in [-0.2, 0) is 6.54 Å². The summed E-state index contributed by atoms with van der Waals surface area (Å²) in [5, 5.41) is 3.22. The Morgan fingerprint density at radius 3 is 2.74 bits per heavy atom. The van der Waals surface area contributed by atoms with Crippen LogP contribution in [0.25, 0.3) is 0 Å². The lowest BCUT2D eigenvalue weighted by Gasteiger charge is -2.15. The molecule has 19 heavy (non-hydrogen) atoms. The zero-order valence-corrected chi connectivity index (χ0v) is 12.4. The highest BCUT2D eigenvalue weighted by molar-refractivity contribution is 5.23. The first-order valence-corrected chi connectivity index (χ1v) is 7.05.